The quantitative estimate of drug-likeness (QED) is 0.407. The number of amides is 3. The van der Waals surface area contributed by atoms with E-state index in [0.29, 0.717) is 22.9 Å². The second-order valence-corrected chi connectivity index (χ2v) is 7.16. The maximum Gasteiger partial charge on any atom is 0.290 e. The number of fused-ring (bicyclic) bond motifs is 1. The molecular weight excluding hydrogens is 410 g/mol. The smallest absolute Gasteiger partial charge is 0.290 e. The molecule has 0 spiro atoms. The summed E-state index contributed by atoms with van der Waals surface area (Å²) < 4.78 is 5.03. The fraction of sp³-hybridized carbons (Fsp3) is 0.211. The monoisotopic (exact) mass is 429 g/mol. The lowest BCUT2D eigenvalue weighted by molar-refractivity contribution is -0.123. The first kappa shape index (κ1) is 21.1. The molecular formula is C19H19N5O5S. The maximum atomic E-state index is 12.5. The highest BCUT2D eigenvalue weighted by molar-refractivity contribution is 7.98. The van der Waals surface area contributed by atoms with E-state index in [1.165, 1.54) is 24.1 Å². The number of carbonyl (C=O) groups excluding carboxylic acids is 3. The third-order valence-electron chi connectivity index (χ3n) is 4.19. The summed E-state index contributed by atoms with van der Waals surface area (Å²) >= 11 is 1.51. The number of thioether (sulfide) groups is 1. The van der Waals surface area contributed by atoms with Gasteiger partial charge in [0.1, 0.15) is 6.04 Å². The number of nitrogens with zero attached hydrogens (tertiary/aromatic N) is 1. The van der Waals surface area contributed by atoms with Crippen LogP contribution in [0, 0.1) is 0 Å². The highest BCUT2D eigenvalue weighted by atomic mass is 32.2. The number of aromatic amines is 1. The third kappa shape index (κ3) is 4.87. The first-order chi connectivity index (χ1) is 14.5. The van der Waals surface area contributed by atoms with Crippen LogP contribution in [0.15, 0.2) is 51.9 Å². The molecule has 0 aliphatic rings. The van der Waals surface area contributed by atoms with Gasteiger partial charge in [-0.15, -0.1) is 0 Å². The van der Waals surface area contributed by atoms with Gasteiger partial charge in [-0.25, -0.2) is 5.10 Å². The molecule has 0 unspecified atom stereocenters. The van der Waals surface area contributed by atoms with Crippen LogP contribution in [0.4, 0.5) is 0 Å². The van der Waals surface area contributed by atoms with Gasteiger partial charge in [0.25, 0.3) is 23.3 Å². The molecule has 1 atom stereocenters. The van der Waals surface area contributed by atoms with E-state index in [1.807, 2.05) is 6.26 Å². The zero-order chi connectivity index (χ0) is 21.5. The predicted octanol–water partition coefficient (Wildman–Crippen LogP) is 0.829. The molecule has 0 saturated heterocycles. The minimum absolute atomic E-state index is 0.0502. The van der Waals surface area contributed by atoms with Gasteiger partial charge < -0.3 is 9.73 Å². The number of hydrazine groups is 1. The van der Waals surface area contributed by atoms with Crippen LogP contribution in [-0.4, -0.2) is 46.0 Å². The van der Waals surface area contributed by atoms with Crippen molar-refractivity contribution in [1.82, 2.24) is 26.4 Å². The van der Waals surface area contributed by atoms with E-state index >= 15 is 0 Å². The summed E-state index contributed by atoms with van der Waals surface area (Å²) in [4.78, 5) is 49.1. The Labute approximate surface area is 174 Å². The minimum Gasteiger partial charge on any atom is -0.459 e. The van der Waals surface area contributed by atoms with Crippen molar-refractivity contribution < 1.29 is 18.8 Å². The van der Waals surface area contributed by atoms with Crippen LogP contribution >= 0.6 is 11.8 Å². The zero-order valence-corrected chi connectivity index (χ0v) is 16.7. The molecule has 10 nitrogen and oxygen atoms in total. The largest absolute Gasteiger partial charge is 0.459 e. The number of nitrogens with one attached hydrogen (secondary N) is 4. The molecule has 0 bridgehead atoms. The molecule has 156 valence electrons. The molecule has 3 amide bonds. The van der Waals surface area contributed by atoms with Gasteiger partial charge in [0.05, 0.1) is 11.6 Å². The molecule has 2 heterocycles. The van der Waals surface area contributed by atoms with E-state index in [9.17, 15) is 19.2 Å². The van der Waals surface area contributed by atoms with E-state index in [0.717, 1.165) is 0 Å². The number of aromatic nitrogens is 2. The van der Waals surface area contributed by atoms with Gasteiger partial charge in [-0.2, -0.15) is 16.9 Å². The average molecular weight is 429 g/mol. The van der Waals surface area contributed by atoms with Crippen molar-refractivity contribution >= 4 is 40.3 Å². The van der Waals surface area contributed by atoms with Gasteiger partial charge >= 0.3 is 0 Å². The fourth-order valence-electron chi connectivity index (χ4n) is 2.69. The molecule has 3 aromatic rings. The number of furan rings is 1. The van der Waals surface area contributed by atoms with Gasteiger partial charge in [0.2, 0.25) is 0 Å². The van der Waals surface area contributed by atoms with Crippen LogP contribution < -0.4 is 21.7 Å². The molecule has 11 heteroatoms. The Bertz CT molecular complexity index is 1110. The lowest BCUT2D eigenvalue weighted by Gasteiger charge is -2.18. The van der Waals surface area contributed by atoms with Crippen molar-refractivity contribution in [2.75, 3.05) is 12.0 Å². The van der Waals surface area contributed by atoms with Gasteiger partial charge in [0, 0.05) is 5.39 Å². The summed E-state index contributed by atoms with van der Waals surface area (Å²) in [6.45, 7) is 0. The number of hydrogen-bond donors (Lipinski definition) is 4. The average Bonchev–Trinajstić information content (AvgIpc) is 3.30. The number of carbonyl (C=O) groups is 3. The van der Waals surface area contributed by atoms with E-state index in [-0.39, 0.29) is 11.5 Å². The summed E-state index contributed by atoms with van der Waals surface area (Å²) in [5.41, 5.74) is 4.09. The minimum atomic E-state index is -0.893. The number of hydrogen-bond acceptors (Lipinski definition) is 7. The number of H-pyrrole nitrogens is 1. The summed E-state index contributed by atoms with van der Waals surface area (Å²) in [6.07, 6.45) is 3.57. The second-order valence-electron chi connectivity index (χ2n) is 6.18. The second kappa shape index (κ2) is 9.74. The zero-order valence-electron chi connectivity index (χ0n) is 15.9. The molecule has 0 fully saturated rings. The lowest BCUT2D eigenvalue weighted by Crippen LogP contribution is -2.52. The van der Waals surface area contributed by atoms with Gasteiger partial charge in [-0.1, -0.05) is 18.2 Å². The third-order valence-corrected chi connectivity index (χ3v) is 4.83. The Kier molecular flexibility index (Phi) is 6.86. The lowest BCUT2D eigenvalue weighted by atomic mass is 10.1. The summed E-state index contributed by atoms with van der Waals surface area (Å²) in [7, 11) is 0. The van der Waals surface area contributed by atoms with Crippen molar-refractivity contribution in [2.24, 2.45) is 0 Å². The Balaban J connectivity index is 1.69. The van der Waals surface area contributed by atoms with E-state index < -0.39 is 29.3 Å². The van der Waals surface area contributed by atoms with E-state index in [1.54, 1.807) is 30.3 Å². The molecule has 0 aliphatic heterocycles. The molecule has 3 rings (SSSR count). The van der Waals surface area contributed by atoms with Crippen molar-refractivity contribution in [3.63, 3.8) is 0 Å². The number of rotatable bonds is 7. The van der Waals surface area contributed by atoms with E-state index in [4.69, 9.17) is 4.42 Å². The molecule has 30 heavy (non-hydrogen) atoms. The predicted molar refractivity (Wildman–Crippen MR) is 111 cm³/mol. The SMILES string of the molecule is CSCC[C@H](NC(=O)c1ccco1)C(=O)NNC(=O)c1n[nH]c(=O)c2ccccc12. The molecule has 1 aromatic carbocycles. The number of benzene rings is 1. The normalized spacial score (nSPS) is 11.6. The molecule has 4 N–H and O–H groups in total. The summed E-state index contributed by atoms with van der Waals surface area (Å²) in [5, 5.41) is 9.26. The van der Waals surface area contributed by atoms with Gasteiger partial charge in [0.15, 0.2) is 11.5 Å². The highest BCUT2D eigenvalue weighted by Gasteiger charge is 2.23. The highest BCUT2D eigenvalue weighted by Crippen LogP contribution is 2.12. The van der Waals surface area contributed by atoms with Crippen LogP contribution in [0.25, 0.3) is 10.8 Å². The molecule has 0 saturated carbocycles. The van der Waals surface area contributed by atoms with E-state index in [2.05, 4.69) is 26.4 Å². The fourth-order valence-corrected chi connectivity index (χ4v) is 3.17. The van der Waals surface area contributed by atoms with Gasteiger partial charge in [-0.3, -0.25) is 30.0 Å². The van der Waals surface area contributed by atoms with Crippen LogP contribution in [0.2, 0.25) is 0 Å². The van der Waals surface area contributed by atoms with Gasteiger partial charge in [-0.05, 0) is 36.6 Å². The summed E-state index contributed by atoms with van der Waals surface area (Å²) in [5.74, 6) is -1.18. The Morgan fingerprint density at radius 3 is 2.57 bits per heavy atom. The van der Waals surface area contributed by atoms with Crippen LogP contribution in [0.1, 0.15) is 27.5 Å². The van der Waals surface area contributed by atoms with Crippen molar-refractivity contribution in [2.45, 2.75) is 12.5 Å². The Morgan fingerprint density at radius 2 is 1.87 bits per heavy atom. The first-order valence-electron chi connectivity index (χ1n) is 8.92. The topological polar surface area (TPSA) is 146 Å². The van der Waals surface area contributed by atoms with Crippen molar-refractivity contribution in [3.8, 4) is 0 Å². The standard InChI is InChI=1S/C19H19N5O5S/c1-30-10-8-13(20-18(27)14-7-4-9-29-14)17(26)23-24-19(28)15-11-5-2-3-6-12(11)16(25)22-21-15/h2-7,9,13H,8,10H2,1H3,(H,20,27)(H,22,25)(H,23,26)(H,24,28)/t13-/m0/s1. The van der Waals surface area contributed by atoms with Crippen molar-refractivity contribution in [3.05, 3.63) is 64.5 Å². The van der Waals surface area contributed by atoms with Crippen molar-refractivity contribution in [1.29, 1.82) is 0 Å². The van der Waals surface area contributed by atoms with Crippen LogP contribution in [0.3, 0.4) is 0 Å². The Hall–Kier alpha value is -3.60. The molecule has 2 aromatic heterocycles. The molecule has 0 aliphatic carbocycles. The molecule has 0 radical (unpaired) electrons. The maximum absolute atomic E-state index is 12.5. The van der Waals surface area contributed by atoms with Crippen LogP contribution in [0.5, 0.6) is 0 Å². The van der Waals surface area contributed by atoms with Crippen LogP contribution in [-0.2, 0) is 4.79 Å². The summed E-state index contributed by atoms with van der Waals surface area (Å²) in [6, 6.07) is 8.63. The Morgan fingerprint density at radius 1 is 1.10 bits per heavy atom. The first-order valence-corrected chi connectivity index (χ1v) is 10.3.